The van der Waals surface area contributed by atoms with Crippen molar-refractivity contribution in [3.8, 4) is 0 Å². The van der Waals surface area contributed by atoms with E-state index in [1.807, 2.05) is 28.2 Å². The molecule has 0 saturated carbocycles. The molecule has 0 aliphatic heterocycles. The maximum absolute atomic E-state index is 4.12. The summed E-state index contributed by atoms with van der Waals surface area (Å²) in [5.41, 5.74) is 0. The standard InChI is InChI=1S/C6H5N2S.BrH/c1-2-7-6-8(3-1)4-5-9-6;/h1-5H;1H/q+1;/p-1. The Labute approximate surface area is 72.9 Å². The van der Waals surface area contributed by atoms with Crippen LogP contribution in [0.4, 0.5) is 0 Å². The van der Waals surface area contributed by atoms with E-state index in [2.05, 4.69) is 4.98 Å². The molecule has 0 aromatic carbocycles. The number of halogens is 1. The van der Waals surface area contributed by atoms with Gasteiger partial charge in [-0.3, -0.25) is 0 Å². The summed E-state index contributed by atoms with van der Waals surface area (Å²) in [4.78, 5) is 5.16. The molecule has 52 valence electrons. The fourth-order valence-corrected chi connectivity index (χ4v) is 1.41. The first-order valence-electron chi connectivity index (χ1n) is 2.66. The van der Waals surface area contributed by atoms with E-state index in [9.17, 15) is 0 Å². The third-order valence-electron chi connectivity index (χ3n) is 1.13. The molecule has 0 bridgehead atoms. The van der Waals surface area contributed by atoms with Crippen molar-refractivity contribution in [1.29, 1.82) is 0 Å². The summed E-state index contributed by atoms with van der Waals surface area (Å²) < 4.78 is 1.99. The first-order valence-corrected chi connectivity index (χ1v) is 3.54. The normalized spacial score (nSPS) is 9.20. The van der Waals surface area contributed by atoms with Gasteiger partial charge in [0.2, 0.25) is 0 Å². The van der Waals surface area contributed by atoms with E-state index >= 15 is 0 Å². The highest BCUT2D eigenvalue weighted by molar-refractivity contribution is 7.14. The Morgan fingerprint density at radius 2 is 2.30 bits per heavy atom. The average molecular weight is 217 g/mol. The van der Waals surface area contributed by atoms with Crippen LogP contribution in [0.25, 0.3) is 4.96 Å². The molecule has 0 fully saturated rings. The molecule has 2 heterocycles. The first kappa shape index (κ1) is 7.63. The number of thiazole rings is 1. The van der Waals surface area contributed by atoms with E-state index in [1.165, 1.54) is 0 Å². The SMILES string of the molecule is [Br-].c1cnc2scc[n+]2c1. The number of nitrogens with zero attached hydrogens (tertiary/aromatic N) is 2. The summed E-state index contributed by atoms with van der Waals surface area (Å²) in [7, 11) is 0. The highest BCUT2D eigenvalue weighted by Crippen LogP contribution is 1.97. The van der Waals surface area contributed by atoms with Gasteiger partial charge in [-0.25, -0.2) is 0 Å². The van der Waals surface area contributed by atoms with Crippen LogP contribution in [-0.2, 0) is 0 Å². The van der Waals surface area contributed by atoms with Crippen LogP contribution < -0.4 is 21.4 Å². The highest BCUT2D eigenvalue weighted by atomic mass is 79.9. The second-order valence-electron chi connectivity index (χ2n) is 1.71. The van der Waals surface area contributed by atoms with Crippen LogP contribution in [0.5, 0.6) is 0 Å². The summed E-state index contributed by atoms with van der Waals surface area (Å²) in [6, 6.07) is 1.92. The molecular formula is C6H5BrN2S. The Balaban J connectivity index is 0.000000500. The monoisotopic (exact) mass is 216 g/mol. The van der Waals surface area contributed by atoms with E-state index in [1.54, 1.807) is 17.5 Å². The molecule has 0 aliphatic carbocycles. The number of rotatable bonds is 0. The molecule has 0 amide bonds. The van der Waals surface area contributed by atoms with Crippen molar-refractivity contribution < 1.29 is 21.4 Å². The predicted octanol–water partition coefficient (Wildman–Crippen LogP) is -2.11. The minimum absolute atomic E-state index is 0. The molecule has 0 radical (unpaired) electrons. The minimum atomic E-state index is 0. The van der Waals surface area contributed by atoms with E-state index in [4.69, 9.17) is 0 Å². The maximum atomic E-state index is 4.12. The van der Waals surface area contributed by atoms with Crippen molar-refractivity contribution in [3.05, 3.63) is 30.0 Å². The summed E-state index contributed by atoms with van der Waals surface area (Å²) >= 11 is 1.64. The molecule has 10 heavy (non-hydrogen) atoms. The van der Waals surface area contributed by atoms with Gasteiger partial charge in [-0.1, -0.05) is 11.3 Å². The van der Waals surface area contributed by atoms with E-state index in [0.29, 0.717) is 0 Å². The number of fused-ring (bicyclic) bond motifs is 1. The highest BCUT2D eigenvalue weighted by Gasteiger charge is 1.98. The van der Waals surface area contributed by atoms with Crippen LogP contribution in [0.2, 0.25) is 0 Å². The van der Waals surface area contributed by atoms with Crippen LogP contribution in [0, 0.1) is 0 Å². The molecule has 0 N–H and O–H groups in total. The first-order chi connectivity index (χ1) is 4.47. The third kappa shape index (κ3) is 1.17. The fourth-order valence-electron chi connectivity index (χ4n) is 0.730. The molecule has 0 unspecified atom stereocenters. The van der Waals surface area contributed by atoms with Gasteiger partial charge < -0.3 is 17.0 Å². The number of aromatic nitrogens is 2. The van der Waals surface area contributed by atoms with Crippen molar-refractivity contribution in [3.63, 3.8) is 0 Å². The molecule has 0 spiro atoms. The lowest BCUT2D eigenvalue weighted by Gasteiger charge is -1.74. The lowest BCUT2D eigenvalue weighted by Crippen LogP contribution is -3.00. The third-order valence-corrected chi connectivity index (χ3v) is 1.92. The van der Waals surface area contributed by atoms with Gasteiger partial charge >= 0.3 is 4.96 Å². The van der Waals surface area contributed by atoms with Gasteiger partial charge in [-0.05, 0) is 4.98 Å². The van der Waals surface area contributed by atoms with Gasteiger partial charge in [0.05, 0.1) is 0 Å². The average Bonchev–Trinajstić information content (AvgIpc) is 2.33. The predicted molar refractivity (Wildman–Crippen MR) is 35.3 cm³/mol. The molecular weight excluding hydrogens is 212 g/mol. The summed E-state index contributed by atoms with van der Waals surface area (Å²) in [6.07, 6.45) is 5.78. The topological polar surface area (TPSA) is 17.0 Å². The Bertz CT molecular complexity index is 290. The van der Waals surface area contributed by atoms with Crippen molar-refractivity contribution in [2.75, 3.05) is 0 Å². The maximum Gasteiger partial charge on any atom is 0.386 e. The van der Waals surface area contributed by atoms with Gasteiger partial charge in [0.1, 0.15) is 18.6 Å². The molecule has 2 rings (SSSR count). The smallest absolute Gasteiger partial charge is 0.386 e. The molecule has 0 saturated heterocycles. The zero-order chi connectivity index (χ0) is 6.10. The Morgan fingerprint density at radius 1 is 1.40 bits per heavy atom. The quantitative estimate of drug-likeness (QED) is 0.461. The molecule has 0 aliphatic rings. The summed E-state index contributed by atoms with van der Waals surface area (Å²) in [5, 5.41) is 2.02. The second-order valence-corrected chi connectivity index (χ2v) is 2.59. The van der Waals surface area contributed by atoms with E-state index in [0.717, 1.165) is 4.96 Å². The fraction of sp³-hybridized carbons (Fsp3) is 0. The molecule has 4 heteroatoms. The summed E-state index contributed by atoms with van der Waals surface area (Å²) in [6.45, 7) is 0. The van der Waals surface area contributed by atoms with Gasteiger partial charge in [-0.2, -0.15) is 4.40 Å². The van der Waals surface area contributed by atoms with Gasteiger partial charge in [0, 0.05) is 11.4 Å². The Hall–Kier alpha value is -0.480. The van der Waals surface area contributed by atoms with Crippen LogP contribution in [0.15, 0.2) is 30.0 Å². The molecule has 0 atom stereocenters. The molecule has 2 aromatic heterocycles. The van der Waals surface area contributed by atoms with Crippen molar-refractivity contribution >= 4 is 16.3 Å². The summed E-state index contributed by atoms with van der Waals surface area (Å²) in [5.74, 6) is 0. The van der Waals surface area contributed by atoms with Crippen molar-refractivity contribution in [2.24, 2.45) is 0 Å². The lowest BCUT2D eigenvalue weighted by molar-refractivity contribution is -0.509. The minimum Gasteiger partial charge on any atom is -1.00 e. The molecule has 2 aromatic rings. The van der Waals surface area contributed by atoms with Crippen molar-refractivity contribution in [2.45, 2.75) is 0 Å². The Kier molecular flexibility index (Phi) is 2.34. The number of hydrogen-bond acceptors (Lipinski definition) is 2. The van der Waals surface area contributed by atoms with Gasteiger partial charge in [0.15, 0.2) is 0 Å². The molecule has 2 nitrogen and oxygen atoms in total. The van der Waals surface area contributed by atoms with Crippen LogP contribution >= 0.6 is 11.3 Å². The van der Waals surface area contributed by atoms with E-state index < -0.39 is 0 Å². The van der Waals surface area contributed by atoms with Gasteiger partial charge in [0.25, 0.3) is 0 Å². The van der Waals surface area contributed by atoms with Crippen LogP contribution in [0.1, 0.15) is 0 Å². The lowest BCUT2D eigenvalue weighted by atomic mass is 10.7. The zero-order valence-electron chi connectivity index (χ0n) is 5.07. The zero-order valence-corrected chi connectivity index (χ0v) is 7.47. The largest absolute Gasteiger partial charge is 1.00 e. The van der Waals surface area contributed by atoms with Crippen LogP contribution in [0.3, 0.4) is 0 Å². The van der Waals surface area contributed by atoms with Crippen molar-refractivity contribution in [1.82, 2.24) is 4.98 Å². The number of hydrogen-bond donors (Lipinski definition) is 0. The van der Waals surface area contributed by atoms with E-state index in [-0.39, 0.29) is 17.0 Å². The van der Waals surface area contributed by atoms with Gasteiger partial charge in [-0.15, -0.1) is 0 Å². The second kappa shape index (κ2) is 3.07. The Morgan fingerprint density at radius 3 is 3.10 bits per heavy atom. The van der Waals surface area contributed by atoms with Crippen LogP contribution in [-0.4, -0.2) is 4.98 Å².